The zero-order valence-corrected chi connectivity index (χ0v) is 14.6. The lowest BCUT2D eigenvalue weighted by Crippen LogP contribution is -2.17. The summed E-state index contributed by atoms with van der Waals surface area (Å²) < 4.78 is 6.83. The molecule has 112 valence electrons. The van der Waals surface area contributed by atoms with Crippen molar-refractivity contribution < 1.29 is 4.74 Å². The molecule has 2 nitrogen and oxygen atoms in total. The van der Waals surface area contributed by atoms with E-state index in [2.05, 4.69) is 58.5 Å². The highest BCUT2D eigenvalue weighted by molar-refractivity contribution is 9.10. The normalized spacial score (nSPS) is 12.5. The summed E-state index contributed by atoms with van der Waals surface area (Å²) in [6, 6.07) is 15.0. The fourth-order valence-electron chi connectivity index (χ4n) is 2.33. The molecule has 0 aliphatic heterocycles. The monoisotopic (exact) mass is 347 g/mol. The van der Waals surface area contributed by atoms with Gasteiger partial charge in [-0.1, -0.05) is 40.2 Å². The predicted octanol–water partition coefficient (Wildman–Crippen LogP) is 4.85. The highest BCUT2D eigenvalue weighted by atomic mass is 79.9. The molecule has 0 aromatic heterocycles. The quantitative estimate of drug-likeness (QED) is 0.834. The number of aryl methyl sites for hydroxylation is 1. The summed E-state index contributed by atoms with van der Waals surface area (Å²) in [6.07, 6.45) is 0.198. The fourth-order valence-corrected chi connectivity index (χ4v) is 2.72. The van der Waals surface area contributed by atoms with Crippen molar-refractivity contribution in [2.45, 2.75) is 32.9 Å². The lowest BCUT2D eigenvalue weighted by Gasteiger charge is -2.19. The van der Waals surface area contributed by atoms with Crippen molar-refractivity contribution in [2.24, 2.45) is 0 Å². The van der Waals surface area contributed by atoms with Gasteiger partial charge in [0.25, 0.3) is 0 Å². The Morgan fingerprint density at radius 3 is 2.14 bits per heavy atom. The van der Waals surface area contributed by atoms with Gasteiger partial charge in [-0.3, -0.25) is 0 Å². The van der Waals surface area contributed by atoms with Crippen LogP contribution in [-0.4, -0.2) is 13.2 Å². The van der Waals surface area contributed by atoms with Crippen molar-refractivity contribution in [1.29, 1.82) is 0 Å². The van der Waals surface area contributed by atoms with Gasteiger partial charge in [0.1, 0.15) is 5.75 Å². The van der Waals surface area contributed by atoms with Gasteiger partial charge in [0.15, 0.2) is 0 Å². The zero-order valence-electron chi connectivity index (χ0n) is 13.0. The Hall–Kier alpha value is -1.32. The number of benzene rings is 2. The van der Waals surface area contributed by atoms with Crippen LogP contribution >= 0.6 is 15.9 Å². The molecule has 0 aliphatic carbocycles. The molecule has 3 heteroatoms. The molecule has 2 aromatic rings. The van der Waals surface area contributed by atoms with Crippen molar-refractivity contribution in [3.63, 3.8) is 0 Å². The molecule has 0 saturated carbocycles. The summed E-state index contributed by atoms with van der Waals surface area (Å²) in [6.45, 7) is 6.17. The molecule has 0 aliphatic rings. The van der Waals surface area contributed by atoms with E-state index < -0.39 is 0 Å². The molecule has 2 rings (SSSR count). The Balaban J connectivity index is 2.26. The van der Waals surface area contributed by atoms with Crippen molar-refractivity contribution in [2.75, 3.05) is 7.05 Å². The van der Waals surface area contributed by atoms with E-state index in [1.807, 2.05) is 33.0 Å². The highest BCUT2D eigenvalue weighted by Crippen LogP contribution is 2.27. The van der Waals surface area contributed by atoms with E-state index in [1.54, 1.807) is 0 Å². The van der Waals surface area contributed by atoms with Crippen LogP contribution in [-0.2, 0) is 0 Å². The smallest absolute Gasteiger partial charge is 0.119 e. The molecular weight excluding hydrogens is 326 g/mol. The molecule has 1 atom stereocenters. The van der Waals surface area contributed by atoms with Crippen LogP contribution in [0.4, 0.5) is 0 Å². The van der Waals surface area contributed by atoms with Crippen LogP contribution in [0.25, 0.3) is 0 Å². The van der Waals surface area contributed by atoms with Crippen molar-refractivity contribution in [1.82, 2.24) is 5.32 Å². The molecule has 21 heavy (non-hydrogen) atoms. The summed E-state index contributed by atoms with van der Waals surface area (Å²) in [5.74, 6) is 0.911. The van der Waals surface area contributed by atoms with Crippen molar-refractivity contribution in [3.05, 3.63) is 63.6 Å². The van der Waals surface area contributed by atoms with E-state index in [0.29, 0.717) is 0 Å². The third kappa shape index (κ3) is 4.08. The van der Waals surface area contributed by atoms with Gasteiger partial charge in [0.05, 0.1) is 12.1 Å². The number of ether oxygens (including phenoxy) is 1. The highest BCUT2D eigenvalue weighted by Gasteiger charge is 2.13. The molecule has 0 heterocycles. The minimum Gasteiger partial charge on any atom is -0.491 e. The van der Waals surface area contributed by atoms with Gasteiger partial charge < -0.3 is 10.1 Å². The van der Waals surface area contributed by atoms with Gasteiger partial charge in [-0.2, -0.15) is 0 Å². The van der Waals surface area contributed by atoms with Crippen LogP contribution in [0.15, 0.2) is 46.9 Å². The van der Waals surface area contributed by atoms with Gasteiger partial charge >= 0.3 is 0 Å². The summed E-state index contributed by atoms with van der Waals surface area (Å²) in [5, 5.41) is 3.38. The molecular formula is C18H22BrNO. The minimum atomic E-state index is 0.176. The van der Waals surface area contributed by atoms with Crippen LogP contribution in [0.5, 0.6) is 5.75 Å². The van der Waals surface area contributed by atoms with Crippen LogP contribution in [0, 0.1) is 6.92 Å². The average molecular weight is 348 g/mol. The van der Waals surface area contributed by atoms with E-state index in [-0.39, 0.29) is 12.1 Å². The zero-order chi connectivity index (χ0) is 15.4. The van der Waals surface area contributed by atoms with E-state index in [0.717, 1.165) is 10.2 Å². The topological polar surface area (TPSA) is 21.3 Å². The summed E-state index contributed by atoms with van der Waals surface area (Å²) in [7, 11) is 1.98. The number of rotatable bonds is 5. The first kappa shape index (κ1) is 16.1. The van der Waals surface area contributed by atoms with Crippen LogP contribution in [0.1, 0.15) is 36.6 Å². The summed E-state index contributed by atoms with van der Waals surface area (Å²) in [5.41, 5.74) is 3.71. The van der Waals surface area contributed by atoms with Crippen molar-refractivity contribution in [3.8, 4) is 5.75 Å². The maximum Gasteiger partial charge on any atom is 0.119 e. The first-order valence-corrected chi connectivity index (χ1v) is 8.00. The molecule has 0 spiro atoms. The first-order valence-electron chi connectivity index (χ1n) is 7.21. The molecule has 1 N–H and O–H groups in total. The van der Waals surface area contributed by atoms with Crippen LogP contribution < -0.4 is 10.1 Å². The Labute approximate surface area is 135 Å². The lowest BCUT2D eigenvalue weighted by atomic mass is 9.98. The molecule has 0 radical (unpaired) electrons. The minimum absolute atomic E-state index is 0.176. The number of hydrogen-bond acceptors (Lipinski definition) is 2. The van der Waals surface area contributed by atoms with Crippen LogP contribution in [0.2, 0.25) is 0 Å². The molecule has 0 amide bonds. The van der Waals surface area contributed by atoms with Crippen molar-refractivity contribution >= 4 is 15.9 Å². The van der Waals surface area contributed by atoms with Gasteiger partial charge in [0.2, 0.25) is 0 Å². The van der Waals surface area contributed by atoms with Gasteiger partial charge in [0, 0.05) is 4.47 Å². The average Bonchev–Trinajstić information content (AvgIpc) is 2.45. The first-order chi connectivity index (χ1) is 10.0. The SMILES string of the molecule is CNC(c1ccc(OC(C)C)cc1)c1ccc(C)c(Br)c1. The molecule has 0 fully saturated rings. The molecule has 2 aromatic carbocycles. The standard InChI is InChI=1S/C18H22BrNO/c1-12(2)21-16-9-7-14(8-10-16)18(20-4)15-6-5-13(3)17(19)11-15/h5-12,18,20H,1-4H3. The molecule has 0 bridgehead atoms. The largest absolute Gasteiger partial charge is 0.491 e. The third-order valence-electron chi connectivity index (χ3n) is 3.40. The van der Waals surface area contributed by atoms with E-state index in [9.17, 15) is 0 Å². The Morgan fingerprint density at radius 1 is 1.00 bits per heavy atom. The van der Waals surface area contributed by atoms with Gasteiger partial charge in [-0.05, 0) is 62.7 Å². The second-order valence-corrected chi connectivity index (χ2v) is 6.32. The molecule has 0 saturated heterocycles. The Bertz CT molecular complexity index is 593. The van der Waals surface area contributed by atoms with Crippen LogP contribution in [0.3, 0.4) is 0 Å². The van der Waals surface area contributed by atoms with E-state index in [4.69, 9.17) is 4.74 Å². The Morgan fingerprint density at radius 2 is 1.62 bits per heavy atom. The van der Waals surface area contributed by atoms with Gasteiger partial charge in [-0.15, -0.1) is 0 Å². The van der Waals surface area contributed by atoms with E-state index >= 15 is 0 Å². The maximum atomic E-state index is 5.70. The summed E-state index contributed by atoms with van der Waals surface area (Å²) in [4.78, 5) is 0. The number of nitrogens with one attached hydrogen (secondary N) is 1. The summed E-state index contributed by atoms with van der Waals surface area (Å²) >= 11 is 3.61. The second-order valence-electron chi connectivity index (χ2n) is 5.47. The predicted molar refractivity (Wildman–Crippen MR) is 92.0 cm³/mol. The Kier molecular flexibility index (Phi) is 5.43. The molecule has 1 unspecified atom stereocenters. The van der Waals surface area contributed by atoms with E-state index in [1.165, 1.54) is 16.7 Å². The third-order valence-corrected chi connectivity index (χ3v) is 4.26. The fraction of sp³-hybridized carbons (Fsp3) is 0.333. The second kappa shape index (κ2) is 7.10. The van der Waals surface area contributed by atoms with Gasteiger partial charge in [-0.25, -0.2) is 0 Å². The maximum absolute atomic E-state index is 5.70. The number of halogens is 1. The lowest BCUT2D eigenvalue weighted by molar-refractivity contribution is 0.242. The number of hydrogen-bond donors (Lipinski definition) is 1.